The van der Waals surface area contributed by atoms with Crippen LogP contribution in [0.2, 0.25) is 0 Å². The molecule has 1 unspecified atom stereocenters. The second-order valence-electron chi connectivity index (χ2n) is 7.14. The minimum absolute atomic E-state index is 0.620. The van der Waals surface area contributed by atoms with Crippen LogP contribution in [-0.4, -0.2) is 28.2 Å². The third kappa shape index (κ3) is 11.4. The first-order valence-corrected chi connectivity index (χ1v) is 11.3. The summed E-state index contributed by atoms with van der Waals surface area (Å²) in [6.45, 7) is 10.4. The molecular weight excluding hydrogens is 393 g/mol. The van der Waals surface area contributed by atoms with E-state index >= 15 is 0 Å². The number of nitrogens with zero attached hydrogens (tertiary/aromatic N) is 1. The van der Waals surface area contributed by atoms with Crippen LogP contribution < -0.4 is 0 Å². The van der Waals surface area contributed by atoms with Crippen molar-refractivity contribution in [3.05, 3.63) is 0 Å². The number of halogens is 1. The zero-order chi connectivity index (χ0) is 17.4. The van der Waals surface area contributed by atoms with Crippen molar-refractivity contribution in [2.45, 2.75) is 102 Å². The predicted molar refractivity (Wildman–Crippen MR) is 114 cm³/mol. The fraction of sp³-hybridized carbons (Fsp3) is 0.905. The maximum atomic E-state index is 5.72. The Morgan fingerprint density at radius 2 is 1.17 bits per heavy atom. The van der Waals surface area contributed by atoms with Crippen molar-refractivity contribution >= 4 is 22.6 Å². The SMILES string of the molecule is C#CC[N+](CCCCCCCC)(CCCCCCCC)C(C)I. The Morgan fingerprint density at radius 1 is 0.783 bits per heavy atom. The molecule has 136 valence electrons. The minimum Gasteiger partial charge on any atom is -0.303 e. The summed E-state index contributed by atoms with van der Waals surface area (Å²) in [6.07, 6.45) is 22.2. The molecule has 0 heterocycles. The third-order valence-electron chi connectivity index (χ3n) is 5.07. The molecule has 0 aromatic rings. The number of rotatable bonds is 16. The molecule has 0 saturated heterocycles. The van der Waals surface area contributed by atoms with E-state index in [4.69, 9.17) is 6.42 Å². The van der Waals surface area contributed by atoms with Gasteiger partial charge in [-0.2, -0.15) is 0 Å². The van der Waals surface area contributed by atoms with Crippen LogP contribution in [0.15, 0.2) is 0 Å². The van der Waals surface area contributed by atoms with E-state index in [1.54, 1.807) is 0 Å². The highest BCUT2D eigenvalue weighted by Gasteiger charge is 2.30. The van der Waals surface area contributed by atoms with Gasteiger partial charge in [-0.05, 0) is 61.1 Å². The van der Waals surface area contributed by atoms with Gasteiger partial charge in [0, 0.05) is 0 Å². The molecule has 1 atom stereocenters. The largest absolute Gasteiger partial charge is 0.303 e. The first kappa shape index (κ1) is 23.2. The summed E-state index contributed by atoms with van der Waals surface area (Å²) < 4.78 is 1.76. The Labute approximate surface area is 160 Å². The van der Waals surface area contributed by atoms with Crippen LogP contribution in [-0.2, 0) is 0 Å². The summed E-state index contributed by atoms with van der Waals surface area (Å²) in [5.74, 6) is 2.98. The average molecular weight is 434 g/mol. The molecule has 2 heteroatoms. The van der Waals surface area contributed by atoms with E-state index in [0.717, 1.165) is 11.0 Å². The Bertz CT molecular complexity index is 277. The molecule has 0 N–H and O–H groups in total. The second kappa shape index (κ2) is 15.8. The number of hydrogen-bond donors (Lipinski definition) is 0. The molecule has 0 amide bonds. The second-order valence-corrected chi connectivity index (χ2v) is 8.94. The molecule has 0 rings (SSSR count). The molecule has 0 radical (unpaired) electrons. The van der Waals surface area contributed by atoms with Gasteiger partial charge >= 0.3 is 0 Å². The Morgan fingerprint density at radius 3 is 1.52 bits per heavy atom. The number of unbranched alkanes of at least 4 members (excludes halogenated alkanes) is 10. The van der Waals surface area contributed by atoms with Gasteiger partial charge in [-0.15, -0.1) is 6.42 Å². The number of hydrogen-bond acceptors (Lipinski definition) is 0. The van der Waals surface area contributed by atoms with Gasteiger partial charge in [0.2, 0.25) is 0 Å². The van der Waals surface area contributed by atoms with Crippen molar-refractivity contribution in [3.63, 3.8) is 0 Å². The summed E-state index contributed by atoms with van der Waals surface area (Å²) in [6, 6.07) is 0. The summed E-state index contributed by atoms with van der Waals surface area (Å²) in [4.78, 5) is 0. The highest BCUT2D eigenvalue weighted by Crippen LogP contribution is 2.23. The zero-order valence-corrected chi connectivity index (χ0v) is 18.2. The molecule has 0 fully saturated rings. The van der Waals surface area contributed by atoms with Gasteiger partial charge in [-0.1, -0.05) is 65.2 Å². The van der Waals surface area contributed by atoms with Crippen molar-refractivity contribution in [1.29, 1.82) is 0 Å². The summed E-state index contributed by atoms with van der Waals surface area (Å²) >= 11 is 2.61. The van der Waals surface area contributed by atoms with E-state index in [1.165, 1.54) is 90.1 Å². The van der Waals surface area contributed by atoms with E-state index in [0.29, 0.717) is 4.05 Å². The van der Waals surface area contributed by atoms with Gasteiger partial charge in [0.1, 0.15) is 10.6 Å². The molecule has 1 nitrogen and oxygen atoms in total. The van der Waals surface area contributed by atoms with E-state index in [1.807, 2.05) is 0 Å². The Hall–Kier alpha value is 0.250. The lowest BCUT2D eigenvalue weighted by Crippen LogP contribution is -2.53. The van der Waals surface area contributed by atoms with Crippen molar-refractivity contribution in [2.75, 3.05) is 19.6 Å². The van der Waals surface area contributed by atoms with Gasteiger partial charge < -0.3 is 4.48 Å². The lowest BCUT2D eigenvalue weighted by molar-refractivity contribution is -0.926. The van der Waals surface area contributed by atoms with Crippen molar-refractivity contribution in [2.24, 2.45) is 0 Å². The predicted octanol–water partition coefficient (Wildman–Crippen LogP) is 6.94. The monoisotopic (exact) mass is 434 g/mol. The molecule has 23 heavy (non-hydrogen) atoms. The van der Waals surface area contributed by atoms with Gasteiger partial charge in [0.25, 0.3) is 0 Å². The van der Waals surface area contributed by atoms with Crippen LogP contribution >= 0.6 is 22.6 Å². The first-order chi connectivity index (χ1) is 11.1. The van der Waals surface area contributed by atoms with Crippen molar-refractivity contribution in [1.82, 2.24) is 0 Å². The molecule has 0 aromatic carbocycles. The van der Waals surface area contributed by atoms with Gasteiger partial charge in [0.05, 0.1) is 13.1 Å². The Balaban J connectivity index is 4.21. The summed E-state index contributed by atoms with van der Waals surface area (Å²) in [7, 11) is 0. The topological polar surface area (TPSA) is 0 Å². The van der Waals surface area contributed by atoms with Crippen molar-refractivity contribution in [3.8, 4) is 12.3 Å². The van der Waals surface area contributed by atoms with Crippen LogP contribution in [0.4, 0.5) is 0 Å². The summed E-state index contributed by atoms with van der Waals surface area (Å²) in [5, 5.41) is 0. The number of quaternary nitrogens is 1. The van der Waals surface area contributed by atoms with Gasteiger partial charge in [-0.25, -0.2) is 0 Å². The first-order valence-electron chi connectivity index (χ1n) is 10.1. The molecule has 0 saturated carbocycles. The van der Waals surface area contributed by atoms with Gasteiger partial charge in [-0.3, -0.25) is 0 Å². The highest BCUT2D eigenvalue weighted by atomic mass is 127. The zero-order valence-electron chi connectivity index (χ0n) is 16.1. The fourth-order valence-corrected chi connectivity index (χ4v) is 4.10. The van der Waals surface area contributed by atoms with Crippen LogP contribution in [0.3, 0.4) is 0 Å². The smallest absolute Gasteiger partial charge is 0.141 e. The van der Waals surface area contributed by atoms with E-state index in [-0.39, 0.29) is 0 Å². The van der Waals surface area contributed by atoms with E-state index < -0.39 is 0 Å². The maximum Gasteiger partial charge on any atom is 0.141 e. The molecule has 0 aliphatic heterocycles. The minimum atomic E-state index is 0.620. The third-order valence-corrected chi connectivity index (χ3v) is 6.26. The fourth-order valence-electron chi connectivity index (χ4n) is 3.35. The van der Waals surface area contributed by atoms with E-state index in [9.17, 15) is 0 Å². The molecular formula is C21H41IN+. The quantitative estimate of drug-likeness (QED) is 0.0617. The van der Waals surface area contributed by atoms with Gasteiger partial charge in [0.15, 0.2) is 0 Å². The van der Waals surface area contributed by atoms with Crippen LogP contribution in [0.25, 0.3) is 0 Å². The lowest BCUT2D eigenvalue weighted by Gasteiger charge is -2.40. The molecule has 0 aromatic heterocycles. The van der Waals surface area contributed by atoms with Crippen LogP contribution in [0, 0.1) is 12.3 Å². The Kier molecular flexibility index (Phi) is 15.9. The van der Waals surface area contributed by atoms with Crippen molar-refractivity contribution < 1.29 is 4.48 Å². The molecule has 0 aliphatic rings. The molecule has 0 bridgehead atoms. The van der Waals surface area contributed by atoms with E-state index in [2.05, 4.69) is 49.3 Å². The number of terminal acetylenes is 1. The summed E-state index contributed by atoms with van der Waals surface area (Å²) in [5.41, 5.74) is 0. The number of alkyl halides is 1. The average Bonchev–Trinajstić information content (AvgIpc) is 2.53. The lowest BCUT2D eigenvalue weighted by atomic mass is 10.1. The normalized spacial score (nSPS) is 13.0. The molecule has 0 spiro atoms. The standard InChI is InChI=1S/C21H41IN/c1-5-8-10-12-14-16-19-23(18-7-3,21(4)22)20-17-15-13-11-9-6-2/h3,21H,5-6,8-20H2,1-2,4H3/q+1. The molecule has 0 aliphatic carbocycles. The highest BCUT2D eigenvalue weighted by molar-refractivity contribution is 14.1. The van der Waals surface area contributed by atoms with Crippen LogP contribution in [0.5, 0.6) is 0 Å². The maximum absolute atomic E-state index is 5.72. The van der Waals surface area contributed by atoms with Crippen LogP contribution in [0.1, 0.15) is 97.8 Å².